The van der Waals surface area contributed by atoms with Crippen molar-refractivity contribution in [2.24, 2.45) is 5.41 Å². The maximum Gasteiger partial charge on any atom is 0.409 e. The summed E-state index contributed by atoms with van der Waals surface area (Å²) in [5.41, 5.74) is 3.20. The van der Waals surface area contributed by atoms with Crippen molar-refractivity contribution in [1.29, 1.82) is 0 Å². The summed E-state index contributed by atoms with van der Waals surface area (Å²) in [5.74, 6) is 1.00. The van der Waals surface area contributed by atoms with Gasteiger partial charge in [-0.15, -0.1) is 0 Å². The summed E-state index contributed by atoms with van der Waals surface area (Å²) in [6.45, 7) is 10.0. The van der Waals surface area contributed by atoms with Gasteiger partial charge in [-0.05, 0) is 45.2 Å². The van der Waals surface area contributed by atoms with E-state index in [0.29, 0.717) is 18.1 Å². The van der Waals surface area contributed by atoms with E-state index in [9.17, 15) is 4.79 Å². The Morgan fingerprint density at radius 3 is 2.66 bits per heavy atom. The number of likely N-dealkylation sites (tertiary alicyclic amines) is 1. The van der Waals surface area contributed by atoms with Crippen molar-refractivity contribution in [3.05, 3.63) is 36.4 Å². The highest BCUT2D eigenvalue weighted by Crippen LogP contribution is 2.47. The lowest BCUT2D eigenvalue weighted by atomic mass is 9.78. The van der Waals surface area contributed by atoms with Crippen molar-refractivity contribution >= 4 is 11.9 Å². The fourth-order valence-electron chi connectivity index (χ4n) is 5.69. The topological polar surface area (TPSA) is 74.7 Å². The fraction of sp³-hybridized carbons (Fsp3) is 0.583. The lowest BCUT2D eigenvalue weighted by Crippen LogP contribution is -2.58. The predicted octanol–water partition coefficient (Wildman–Crippen LogP) is 2.98. The number of pyridine rings is 1. The first-order chi connectivity index (χ1) is 15.6. The Morgan fingerprint density at radius 2 is 1.91 bits per heavy atom. The minimum atomic E-state index is -0.153. The average Bonchev–Trinajstić information content (AvgIpc) is 3.25. The highest BCUT2D eigenvalue weighted by molar-refractivity contribution is 5.74. The Kier molecular flexibility index (Phi) is 5.71. The normalized spacial score (nSPS) is 22.8. The summed E-state index contributed by atoms with van der Waals surface area (Å²) in [4.78, 5) is 32.5. The molecule has 0 N–H and O–H groups in total. The number of aryl methyl sites for hydroxylation is 1. The average molecular weight is 437 g/mol. The van der Waals surface area contributed by atoms with Crippen molar-refractivity contribution in [2.75, 3.05) is 50.8 Å². The summed E-state index contributed by atoms with van der Waals surface area (Å²) < 4.78 is 5.15. The van der Waals surface area contributed by atoms with Crippen LogP contribution in [0.15, 0.2) is 30.7 Å². The Bertz CT molecular complexity index is 968. The van der Waals surface area contributed by atoms with E-state index in [1.54, 1.807) is 12.4 Å². The Labute approximate surface area is 189 Å². The smallest absolute Gasteiger partial charge is 0.409 e. The number of aromatic nitrogens is 3. The van der Waals surface area contributed by atoms with Gasteiger partial charge >= 0.3 is 6.09 Å². The number of carbonyl (C=O) groups excluding carboxylic acids is 1. The number of nitrogens with zero attached hydrogens (tertiary/aromatic N) is 6. The summed E-state index contributed by atoms with van der Waals surface area (Å²) >= 11 is 0. The molecule has 2 aromatic heterocycles. The molecule has 1 spiro atoms. The van der Waals surface area contributed by atoms with Crippen LogP contribution >= 0.6 is 0 Å². The van der Waals surface area contributed by atoms with Gasteiger partial charge in [0.1, 0.15) is 5.82 Å². The van der Waals surface area contributed by atoms with Gasteiger partial charge in [-0.3, -0.25) is 14.9 Å². The maximum atomic E-state index is 11.9. The quantitative estimate of drug-likeness (QED) is 0.729. The molecular formula is C24H32N6O2. The molecule has 3 aliphatic rings. The monoisotopic (exact) mass is 436 g/mol. The van der Waals surface area contributed by atoms with Crippen LogP contribution in [0.4, 0.5) is 10.6 Å². The second-order valence-corrected chi connectivity index (χ2v) is 9.34. The van der Waals surface area contributed by atoms with Gasteiger partial charge < -0.3 is 14.5 Å². The highest BCUT2D eigenvalue weighted by atomic mass is 16.6. The molecule has 0 unspecified atom stereocenters. The maximum absolute atomic E-state index is 11.9. The summed E-state index contributed by atoms with van der Waals surface area (Å²) in [6, 6.07) is 4.68. The van der Waals surface area contributed by atoms with E-state index in [0.717, 1.165) is 62.0 Å². The molecule has 0 bridgehead atoms. The second-order valence-electron chi connectivity index (χ2n) is 9.34. The third kappa shape index (κ3) is 3.92. The number of carbonyl (C=O) groups is 1. The molecule has 5 rings (SSSR count). The molecule has 2 aromatic rings. The largest absolute Gasteiger partial charge is 0.450 e. The van der Waals surface area contributed by atoms with Crippen molar-refractivity contribution in [3.8, 4) is 11.3 Å². The number of piperazine rings is 1. The lowest BCUT2D eigenvalue weighted by Gasteiger charge is -2.48. The van der Waals surface area contributed by atoms with E-state index >= 15 is 0 Å². The molecular weight excluding hydrogens is 404 g/mol. The number of hydrogen-bond acceptors (Lipinski definition) is 7. The molecule has 1 amide bonds. The van der Waals surface area contributed by atoms with Gasteiger partial charge in [-0.2, -0.15) is 0 Å². The van der Waals surface area contributed by atoms with Gasteiger partial charge in [-0.25, -0.2) is 9.78 Å². The van der Waals surface area contributed by atoms with Crippen LogP contribution in [-0.2, 0) is 4.74 Å². The lowest BCUT2D eigenvalue weighted by molar-refractivity contribution is -0.00294. The van der Waals surface area contributed by atoms with E-state index in [4.69, 9.17) is 9.72 Å². The molecule has 8 nitrogen and oxygen atoms in total. The zero-order valence-corrected chi connectivity index (χ0v) is 19.0. The van der Waals surface area contributed by atoms with Gasteiger partial charge in [0.2, 0.25) is 0 Å². The predicted molar refractivity (Wildman–Crippen MR) is 122 cm³/mol. The van der Waals surface area contributed by atoms with Gasteiger partial charge in [0.25, 0.3) is 0 Å². The van der Waals surface area contributed by atoms with Crippen molar-refractivity contribution < 1.29 is 9.53 Å². The van der Waals surface area contributed by atoms with Crippen molar-refractivity contribution in [3.63, 3.8) is 0 Å². The van der Waals surface area contributed by atoms with Crippen LogP contribution in [-0.4, -0.2) is 82.8 Å². The van der Waals surface area contributed by atoms with E-state index in [-0.39, 0.29) is 6.09 Å². The zero-order valence-electron chi connectivity index (χ0n) is 19.0. The van der Waals surface area contributed by atoms with Gasteiger partial charge in [0.15, 0.2) is 0 Å². The number of amides is 1. The molecule has 8 heteroatoms. The van der Waals surface area contributed by atoms with Crippen LogP contribution < -0.4 is 4.90 Å². The van der Waals surface area contributed by atoms with Gasteiger partial charge in [0.05, 0.1) is 18.0 Å². The molecule has 3 fully saturated rings. The molecule has 2 aliphatic heterocycles. The first-order valence-electron chi connectivity index (χ1n) is 11.7. The molecule has 2 saturated heterocycles. The third-order valence-electron chi connectivity index (χ3n) is 7.31. The van der Waals surface area contributed by atoms with Gasteiger partial charge in [-0.1, -0.05) is 0 Å². The standard InChI is InChI=1S/C24H32N6O2/c1-3-32-23(31)30-16-24(17-30)7-6-19(15-24)28-11-13-29(14-12-28)22-20(5-4-8-27-22)21-18(2)25-9-10-26-21/h4-5,8-10,19H,3,6-7,11-17H2,1-2H3/t19-/m1/s1. The summed E-state index contributed by atoms with van der Waals surface area (Å²) in [5, 5.41) is 0. The first-order valence-corrected chi connectivity index (χ1v) is 11.7. The first kappa shape index (κ1) is 21.1. The SMILES string of the molecule is CCOC(=O)N1CC2(CC[C@@H](N3CCN(c4ncccc4-c4nccnc4C)CC3)C2)C1. The molecule has 1 atom stereocenters. The van der Waals surface area contributed by atoms with E-state index in [2.05, 4.69) is 25.8 Å². The molecule has 0 radical (unpaired) electrons. The third-order valence-corrected chi connectivity index (χ3v) is 7.31. The molecule has 170 valence electrons. The molecule has 1 aliphatic carbocycles. The fourth-order valence-corrected chi connectivity index (χ4v) is 5.69. The van der Waals surface area contributed by atoms with Crippen LogP contribution in [0.2, 0.25) is 0 Å². The van der Waals surface area contributed by atoms with Crippen molar-refractivity contribution in [2.45, 2.75) is 39.2 Å². The molecule has 32 heavy (non-hydrogen) atoms. The van der Waals surface area contributed by atoms with Crippen LogP contribution in [0.25, 0.3) is 11.3 Å². The molecule has 0 aromatic carbocycles. The van der Waals surface area contributed by atoms with Crippen molar-refractivity contribution in [1.82, 2.24) is 24.8 Å². The summed E-state index contributed by atoms with van der Waals surface area (Å²) in [6.07, 6.45) is 8.82. The molecule has 4 heterocycles. The van der Waals surface area contributed by atoms with Crippen LogP contribution in [0.5, 0.6) is 0 Å². The second kappa shape index (κ2) is 8.65. The Hall–Kier alpha value is -2.74. The summed E-state index contributed by atoms with van der Waals surface area (Å²) in [7, 11) is 0. The number of hydrogen-bond donors (Lipinski definition) is 0. The van der Waals surface area contributed by atoms with Crippen LogP contribution in [0.1, 0.15) is 31.9 Å². The van der Waals surface area contributed by atoms with Gasteiger partial charge in [0, 0.05) is 74.9 Å². The number of anilines is 1. The minimum Gasteiger partial charge on any atom is -0.450 e. The Morgan fingerprint density at radius 1 is 1.12 bits per heavy atom. The van der Waals surface area contributed by atoms with E-state index < -0.39 is 0 Å². The highest BCUT2D eigenvalue weighted by Gasteiger charge is 2.51. The number of rotatable bonds is 4. The zero-order chi connectivity index (χ0) is 22.1. The van der Waals surface area contributed by atoms with E-state index in [1.165, 1.54) is 19.3 Å². The number of ether oxygens (including phenoxy) is 1. The Balaban J connectivity index is 1.20. The van der Waals surface area contributed by atoms with E-state index in [1.807, 2.05) is 31.0 Å². The minimum absolute atomic E-state index is 0.153. The van der Waals surface area contributed by atoms with Crippen LogP contribution in [0, 0.1) is 12.3 Å². The molecule has 1 saturated carbocycles. The van der Waals surface area contributed by atoms with Crippen LogP contribution in [0.3, 0.4) is 0 Å².